The van der Waals surface area contributed by atoms with Gasteiger partial charge in [-0.25, -0.2) is 17.6 Å². The van der Waals surface area contributed by atoms with E-state index in [1.165, 1.54) is 17.7 Å². The highest BCUT2D eigenvalue weighted by Crippen LogP contribution is 2.37. The molecule has 3 aromatic carbocycles. The molecule has 4 heteroatoms. The molecule has 4 rings (SSSR count). The first-order valence-electron chi connectivity index (χ1n) is 9.24. The number of fused-ring (bicyclic) bond motifs is 1. The lowest BCUT2D eigenvalue weighted by molar-refractivity contribution is 0.508. The molecule has 0 fully saturated rings. The van der Waals surface area contributed by atoms with Gasteiger partial charge in [0.25, 0.3) is 0 Å². The second-order valence-electron chi connectivity index (χ2n) is 6.96. The summed E-state index contributed by atoms with van der Waals surface area (Å²) < 4.78 is 56.5. The van der Waals surface area contributed by atoms with Crippen LogP contribution in [-0.2, 0) is 12.8 Å². The van der Waals surface area contributed by atoms with Crippen molar-refractivity contribution in [3.8, 4) is 11.1 Å². The first-order valence-corrected chi connectivity index (χ1v) is 9.24. The van der Waals surface area contributed by atoms with Crippen molar-refractivity contribution in [3.63, 3.8) is 0 Å². The Hall–Kier alpha value is -2.88. The van der Waals surface area contributed by atoms with Gasteiger partial charge in [0.05, 0.1) is 5.56 Å². The average Bonchev–Trinajstić information content (AvgIpc) is 2.70. The summed E-state index contributed by atoms with van der Waals surface area (Å²) in [5.74, 6) is -3.69. The smallest absolute Gasteiger partial charge is 0.159 e. The van der Waals surface area contributed by atoms with Crippen LogP contribution in [0, 0.1) is 23.3 Å². The maximum absolute atomic E-state index is 15.1. The summed E-state index contributed by atoms with van der Waals surface area (Å²) in [6, 6.07) is 12.3. The molecule has 0 radical (unpaired) electrons. The monoisotopic (exact) mass is 382 g/mol. The second-order valence-corrected chi connectivity index (χ2v) is 6.96. The Balaban J connectivity index is 1.77. The van der Waals surface area contributed by atoms with Gasteiger partial charge in [-0.2, -0.15) is 0 Å². The van der Waals surface area contributed by atoms with Gasteiger partial charge in [0.2, 0.25) is 0 Å². The van der Waals surface area contributed by atoms with Crippen LogP contribution in [-0.4, -0.2) is 0 Å². The quantitative estimate of drug-likeness (QED) is 0.430. The zero-order valence-electron chi connectivity index (χ0n) is 15.3. The fourth-order valence-corrected chi connectivity index (χ4v) is 3.68. The van der Waals surface area contributed by atoms with Gasteiger partial charge >= 0.3 is 0 Å². The summed E-state index contributed by atoms with van der Waals surface area (Å²) in [4.78, 5) is 0. The van der Waals surface area contributed by atoms with E-state index < -0.39 is 23.3 Å². The normalized spacial score (nSPS) is 13.2. The highest BCUT2D eigenvalue weighted by Gasteiger charge is 2.23. The van der Waals surface area contributed by atoms with E-state index >= 15 is 4.39 Å². The minimum atomic E-state index is -1.13. The zero-order chi connectivity index (χ0) is 19.8. The van der Waals surface area contributed by atoms with Crippen LogP contribution in [0.3, 0.4) is 0 Å². The van der Waals surface area contributed by atoms with Crippen LogP contribution in [0.5, 0.6) is 0 Å². The number of allylic oxidation sites excluding steroid dienone is 1. The molecule has 0 amide bonds. The van der Waals surface area contributed by atoms with Gasteiger partial charge in [-0.3, -0.25) is 0 Å². The maximum Gasteiger partial charge on any atom is 0.159 e. The molecule has 0 N–H and O–H groups in total. The van der Waals surface area contributed by atoms with Gasteiger partial charge in [-0.1, -0.05) is 43.3 Å². The molecule has 1 aliphatic rings. The van der Waals surface area contributed by atoms with Gasteiger partial charge in [0.15, 0.2) is 11.6 Å². The minimum absolute atomic E-state index is 0.0124. The number of halogens is 4. The highest BCUT2D eigenvalue weighted by molar-refractivity contribution is 5.85. The standard InChI is InChI=1S/C24H18F4/c1-2-14-3-5-15(6-4-14)16-7-9-19-18(11-16)13-22(27)23(24(19)28)17-8-10-20(25)21(26)12-17/h3-6,8,10-13H,2,7,9H2,1H3. The molecule has 28 heavy (non-hydrogen) atoms. The predicted octanol–water partition coefficient (Wildman–Crippen LogP) is 6.96. The Morgan fingerprint density at radius 1 is 0.750 bits per heavy atom. The average molecular weight is 382 g/mol. The maximum atomic E-state index is 15.1. The first kappa shape index (κ1) is 18.5. The summed E-state index contributed by atoms with van der Waals surface area (Å²) >= 11 is 0. The SMILES string of the molecule is CCc1ccc(C2=Cc3cc(F)c(-c4ccc(F)c(F)c4)c(F)c3CC2)cc1. The molecule has 3 aromatic rings. The highest BCUT2D eigenvalue weighted by atomic mass is 19.2. The Bertz CT molecular complexity index is 1080. The molecule has 0 atom stereocenters. The number of benzene rings is 3. The Kier molecular flexibility index (Phi) is 4.80. The van der Waals surface area contributed by atoms with E-state index in [9.17, 15) is 13.2 Å². The van der Waals surface area contributed by atoms with Gasteiger partial charge in [-0.15, -0.1) is 0 Å². The first-order chi connectivity index (χ1) is 13.5. The fourth-order valence-electron chi connectivity index (χ4n) is 3.68. The van der Waals surface area contributed by atoms with Crippen molar-refractivity contribution >= 4 is 11.6 Å². The van der Waals surface area contributed by atoms with Crippen molar-refractivity contribution in [3.05, 3.63) is 94.1 Å². The van der Waals surface area contributed by atoms with Gasteiger partial charge in [0, 0.05) is 0 Å². The number of hydrogen-bond donors (Lipinski definition) is 0. The van der Waals surface area contributed by atoms with E-state index in [4.69, 9.17) is 0 Å². The number of hydrogen-bond acceptors (Lipinski definition) is 0. The molecule has 0 aliphatic heterocycles. The van der Waals surface area contributed by atoms with Crippen LogP contribution in [0.15, 0.2) is 48.5 Å². The molecule has 142 valence electrons. The lowest BCUT2D eigenvalue weighted by Crippen LogP contribution is -2.06. The van der Waals surface area contributed by atoms with Crippen LogP contribution < -0.4 is 0 Å². The van der Waals surface area contributed by atoms with Crippen molar-refractivity contribution in [1.29, 1.82) is 0 Å². The molecule has 0 heterocycles. The fraction of sp³-hybridized carbons (Fsp3) is 0.167. The zero-order valence-corrected chi connectivity index (χ0v) is 15.3. The van der Waals surface area contributed by atoms with Crippen molar-refractivity contribution in [1.82, 2.24) is 0 Å². The molecule has 0 bridgehead atoms. The molecule has 0 spiro atoms. The molecule has 0 aromatic heterocycles. The van der Waals surface area contributed by atoms with Crippen LogP contribution in [0.1, 0.15) is 35.6 Å². The van der Waals surface area contributed by atoms with Crippen molar-refractivity contribution in [2.24, 2.45) is 0 Å². The molecule has 0 nitrogen and oxygen atoms in total. The third-order valence-electron chi connectivity index (χ3n) is 5.27. The van der Waals surface area contributed by atoms with Crippen LogP contribution in [0.25, 0.3) is 22.8 Å². The molecule has 0 saturated carbocycles. The van der Waals surface area contributed by atoms with E-state index in [0.717, 1.165) is 29.7 Å². The van der Waals surface area contributed by atoms with E-state index in [0.29, 0.717) is 24.0 Å². The summed E-state index contributed by atoms with van der Waals surface area (Å²) in [5, 5.41) is 0. The minimum Gasteiger partial charge on any atom is -0.206 e. The largest absolute Gasteiger partial charge is 0.206 e. The Labute approximate surface area is 161 Å². The van der Waals surface area contributed by atoms with E-state index in [1.807, 2.05) is 12.1 Å². The van der Waals surface area contributed by atoms with E-state index in [-0.39, 0.29) is 11.1 Å². The third-order valence-corrected chi connectivity index (χ3v) is 5.27. The summed E-state index contributed by atoms with van der Waals surface area (Å²) in [6.45, 7) is 2.08. The number of rotatable bonds is 3. The summed E-state index contributed by atoms with van der Waals surface area (Å²) in [7, 11) is 0. The van der Waals surface area contributed by atoms with Crippen LogP contribution >= 0.6 is 0 Å². The molecule has 0 unspecified atom stereocenters. The van der Waals surface area contributed by atoms with Gasteiger partial charge in [-0.05, 0) is 70.9 Å². The summed E-state index contributed by atoms with van der Waals surface area (Å²) in [6.07, 6.45) is 3.80. The lowest BCUT2D eigenvalue weighted by Gasteiger charge is -2.20. The van der Waals surface area contributed by atoms with Crippen molar-refractivity contribution in [2.75, 3.05) is 0 Å². The van der Waals surface area contributed by atoms with Crippen molar-refractivity contribution < 1.29 is 17.6 Å². The third kappa shape index (κ3) is 3.24. The second kappa shape index (κ2) is 7.27. The Morgan fingerprint density at radius 3 is 2.14 bits per heavy atom. The topological polar surface area (TPSA) is 0 Å². The molecule has 0 saturated heterocycles. The Morgan fingerprint density at radius 2 is 1.46 bits per heavy atom. The van der Waals surface area contributed by atoms with Gasteiger partial charge < -0.3 is 0 Å². The lowest BCUT2D eigenvalue weighted by atomic mass is 9.86. The van der Waals surface area contributed by atoms with E-state index in [2.05, 4.69) is 19.1 Å². The number of aryl methyl sites for hydroxylation is 1. The van der Waals surface area contributed by atoms with Crippen LogP contribution in [0.2, 0.25) is 0 Å². The van der Waals surface area contributed by atoms with Crippen LogP contribution in [0.4, 0.5) is 17.6 Å². The van der Waals surface area contributed by atoms with E-state index in [1.54, 1.807) is 6.08 Å². The molecular formula is C24H18F4. The van der Waals surface area contributed by atoms with Crippen molar-refractivity contribution in [2.45, 2.75) is 26.2 Å². The predicted molar refractivity (Wildman–Crippen MR) is 104 cm³/mol. The molecule has 1 aliphatic carbocycles. The van der Waals surface area contributed by atoms with Gasteiger partial charge in [0.1, 0.15) is 11.6 Å². The molecular weight excluding hydrogens is 364 g/mol. The summed E-state index contributed by atoms with van der Waals surface area (Å²) in [5.41, 5.74) is 3.84.